The van der Waals surface area contributed by atoms with E-state index in [0.29, 0.717) is 5.56 Å². The van der Waals surface area contributed by atoms with Gasteiger partial charge >= 0.3 is 0 Å². The Morgan fingerprint density at radius 3 is 1.84 bits per heavy atom. The molecule has 0 unspecified atom stereocenters. The van der Waals surface area contributed by atoms with Crippen LogP contribution in [0.5, 0.6) is 0 Å². The molecular weight excluding hydrogens is 617 g/mol. The van der Waals surface area contributed by atoms with E-state index in [1.807, 2.05) is 60.7 Å². The average Bonchev–Trinajstić information content (AvgIpc) is 3.53. The summed E-state index contributed by atoms with van der Waals surface area (Å²) in [5.74, 6) is 0. The zero-order valence-electron chi connectivity index (χ0n) is 27.4. The first-order chi connectivity index (χ1) is 24.1. The quantitative estimate of drug-likeness (QED) is 0.167. The third kappa shape index (κ3) is 6.64. The van der Waals surface area contributed by atoms with E-state index in [4.69, 9.17) is 0 Å². The summed E-state index contributed by atoms with van der Waals surface area (Å²) in [6, 6.07) is 52.3. The maximum absolute atomic E-state index is 10.7. The fraction of sp³-hybridized carbons (Fsp3) is 0.0455. The number of allylic oxidation sites excluding steroid dienone is 5. The molecule has 0 bridgehead atoms. The minimum absolute atomic E-state index is 0.633. The SMILES string of the molecule is CN(c1ccccc1)c1ccc(C(=C2C=CC(=[N+](C)c3ccccc3)C=C2)c2sc(Nc3ccccc3)c(C#N)c2-c2ccccc2)cc1. The third-order valence-electron chi connectivity index (χ3n) is 8.71. The van der Waals surface area contributed by atoms with Crippen molar-refractivity contribution in [1.29, 1.82) is 5.26 Å². The summed E-state index contributed by atoms with van der Waals surface area (Å²) in [4.78, 5) is 3.22. The molecule has 0 saturated heterocycles. The van der Waals surface area contributed by atoms with E-state index < -0.39 is 0 Å². The summed E-state index contributed by atoms with van der Waals surface area (Å²) in [5, 5.41) is 15.1. The zero-order chi connectivity index (χ0) is 33.6. The third-order valence-corrected chi connectivity index (χ3v) is 9.84. The summed E-state index contributed by atoms with van der Waals surface area (Å²) in [6.07, 6.45) is 8.73. The zero-order valence-corrected chi connectivity index (χ0v) is 28.2. The second kappa shape index (κ2) is 14.3. The van der Waals surface area contributed by atoms with Gasteiger partial charge in [-0.25, -0.2) is 0 Å². The Hall–Kier alpha value is -6.22. The number of hydrogen-bond donors (Lipinski definition) is 1. The Labute approximate surface area is 292 Å². The maximum Gasteiger partial charge on any atom is 0.205 e. The van der Waals surface area contributed by atoms with Crippen LogP contribution in [-0.4, -0.2) is 24.4 Å². The number of nitrogens with one attached hydrogen (secondary N) is 1. The summed E-state index contributed by atoms with van der Waals surface area (Å²) in [5.41, 5.74) is 11.2. The number of benzene rings is 5. The Bertz CT molecular complexity index is 2220. The predicted molar refractivity (Wildman–Crippen MR) is 207 cm³/mol. The number of hydrogen-bond acceptors (Lipinski definition) is 4. The van der Waals surface area contributed by atoms with E-state index in [9.17, 15) is 5.26 Å². The number of rotatable bonds is 8. The van der Waals surface area contributed by atoms with E-state index in [1.54, 1.807) is 11.3 Å². The molecule has 5 aromatic carbocycles. The van der Waals surface area contributed by atoms with Crippen LogP contribution in [0, 0.1) is 11.3 Å². The van der Waals surface area contributed by atoms with Crippen LogP contribution in [0.4, 0.5) is 27.8 Å². The fourth-order valence-corrected chi connectivity index (χ4v) is 7.35. The summed E-state index contributed by atoms with van der Waals surface area (Å²) < 4.78 is 2.19. The van der Waals surface area contributed by atoms with Gasteiger partial charge in [-0.15, -0.1) is 11.3 Å². The minimum Gasteiger partial charge on any atom is -0.346 e. The van der Waals surface area contributed by atoms with Gasteiger partial charge in [0.2, 0.25) is 11.4 Å². The van der Waals surface area contributed by atoms with E-state index in [1.165, 1.54) is 0 Å². The van der Waals surface area contributed by atoms with E-state index in [-0.39, 0.29) is 0 Å². The lowest BCUT2D eigenvalue weighted by Crippen LogP contribution is -2.10. The van der Waals surface area contributed by atoms with Gasteiger partial charge in [0.25, 0.3) is 0 Å². The molecule has 0 spiro atoms. The average molecular weight is 652 g/mol. The first-order valence-electron chi connectivity index (χ1n) is 16.2. The van der Waals surface area contributed by atoms with Gasteiger partial charge in [0.05, 0.1) is 5.56 Å². The topological polar surface area (TPSA) is 42.1 Å². The molecule has 236 valence electrons. The second-order valence-corrected chi connectivity index (χ2v) is 12.8. The van der Waals surface area contributed by atoms with Crippen molar-refractivity contribution >= 4 is 50.4 Å². The number of para-hydroxylation sites is 3. The number of nitrogens with zero attached hydrogens (tertiary/aromatic N) is 3. The molecule has 0 aliphatic heterocycles. The van der Waals surface area contributed by atoms with Gasteiger partial charge in [-0.2, -0.15) is 9.84 Å². The van der Waals surface area contributed by atoms with Crippen molar-refractivity contribution in [2.45, 2.75) is 0 Å². The molecule has 0 saturated carbocycles. The van der Waals surface area contributed by atoms with Crippen LogP contribution in [0.1, 0.15) is 16.0 Å². The van der Waals surface area contributed by atoms with Crippen LogP contribution in [0.15, 0.2) is 175 Å². The van der Waals surface area contributed by atoms with Gasteiger partial charge < -0.3 is 10.2 Å². The molecule has 0 fully saturated rings. The van der Waals surface area contributed by atoms with Crippen molar-refractivity contribution in [2.75, 3.05) is 24.3 Å². The molecule has 1 aliphatic carbocycles. The normalized spacial score (nSPS) is 12.0. The smallest absolute Gasteiger partial charge is 0.205 e. The Morgan fingerprint density at radius 2 is 1.22 bits per heavy atom. The van der Waals surface area contributed by atoms with Crippen molar-refractivity contribution < 1.29 is 4.58 Å². The summed E-state index contributed by atoms with van der Waals surface area (Å²) in [6.45, 7) is 0. The van der Waals surface area contributed by atoms with Gasteiger partial charge in [0.1, 0.15) is 18.1 Å². The van der Waals surface area contributed by atoms with E-state index in [2.05, 4.69) is 144 Å². The van der Waals surface area contributed by atoms with Crippen molar-refractivity contribution in [1.82, 2.24) is 0 Å². The van der Waals surface area contributed by atoms with Gasteiger partial charge in [0.15, 0.2) is 0 Å². The highest BCUT2D eigenvalue weighted by molar-refractivity contribution is 7.18. The highest BCUT2D eigenvalue weighted by Crippen LogP contribution is 2.47. The van der Waals surface area contributed by atoms with Crippen molar-refractivity contribution in [3.05, 3.63) is 191 Å². The van der Waals surface area contributed by atoms with Crippen molar-refractivity contribution in [3.8, 4) is 17.2 Å². The molecule has 1 aliphatic rings. The molecule has 1 heterocycles. The van der Waals surface area contributed by atoms with Gasteiger partial charge in [-0.1, -0.05) is 97.1 Å². The molecule has 0 radical (unpaired) electrons. The largest absolute Gasteiger partial charge is 0.346 e. The van der Waals surface area contributed by atoms with Crippen LogP contribution < -0.4 is 10.2 Å². The molecule has 1 N–H and O–H groups in total. The molecule has 0 atom stereocenters. The van der Waals surface area contributed by atoms with Gasteiger partial charge in [-0.3, -0.25) is 0 Å². The highest BCUT2D eigenvalue weighted by atomic mass is 32.1. The molecule has 0 amide bonds. The monoisotopic (exact) mass is 651 g/mol. The molecule has 4 nitrogen and oxygen atoms in total. The molecule has 5 heteroatoms. The van der Waals surface area contributed by atoms with E-state index >= 15 is 0 Å². The second-order valence-electron chi connectivity index (χ2n) is 11.7. The van der Waals surface area contributed by atoms with Crippen LogP contribution in [0.2, 0.25) is 0 Å². The first kappa shape index (κ1) is 31.4. The van der Waals surface area contributed by atoms with E-state index in [0.717, 1.165) is 66.2 Å². The first-order valence-corrected chi connectivity index (χ1v) is 17.0. The van der Waals surface area contributed by atoms with Crippen molar-refractivity contribution in [2.24, 2.45) is 0 Å². The highest BCUT2D eigenvalue weighted by Gasteiger charge is 2.25. The van der Waals surface area contributed by atoms with Gasteiger partial charge in [0, 0.05) is 64.4 Å². The molecule has 49 heavy (non-hydrogen) atoms. The number of anilines is 4. The lowest BCUT2D eigenvalue weighted by Gasteiger charge is -2.20. The number of thiophene rings is 1. The minimum atomic E-state index is 0.633. The molecule has 1 aromatic heterocycles. The Kier molecular flexibility index (Phi) is 9.14. The van der Waals surface area contributed by atoms with Gasteiger partial charge in [-0.05, 0) is 65.3 Å². The molecular formula is C44H35N4S+. The lowest BCUT2D eigenvalue weighted by molar-refractivity contribution is -0.403. The van der Waals surface area contributed by atoms with Crippen LogP contribution >= 0.6 is 11.3 Å². The van der Waals surface area contributed by atoms with Crippen LogP contribution in [0.3, 0.4) is 0 Å². The Morgan fingerprint density at radius 1 is 0.673 bits per heavy atom. The van der Waals surface area contributed by atoms with Crippen LogP contribution in [0.25, 0.3) is 16.7 Å². The molecule has 7 rings (SSSR count). The predicted octanol–water partition coefficient (Wildman–Crippen LogP) is 11.1. The standard InChI is InChI=1S/C44H34N4S/c1-47(36-19-11-5-12-20-36)38-27-23-33(24-28-38)41(34-25-29-39(30-26-34)48(2)37-21-13-6-14-22-37)43-42(32-15-7-3-8-16-32)40(31-45)44(49-43)46-35-17-9-4-10-18-35/h3-30H,1-2H3/p+1. The summed E-state index contributed by atoms with van der Waals surface area (Å²) in [7, 11) is 4.18. The number of nitriles is 1. The summed E-state index contributed by atoms with van der Waals surface area (Å²) >= 11 is 1.62. The Balaban J connectivity index is 1.41. The maximum atomic E-state index is 10.7. The van der Waals surface area contributed by atoms with Crippen molar-refractivity contribution in [3.63, 3.8) is 0 Å². The molecule has 6 aromatic rings. The fourth-order valence-electron chi connectivity index (χ4n) is 6.07. The lowest BCUT2D eigenvalue weighted by atomic mass is 9.90. The van der Waals surface area contributed by atoms with Crippen LogP contribution in [-0.2, 0) is 0 Å².